The number of nitrogens with one attached hydrogen (secondary N) is 1. The molecule has 1 aliphatic rings. The lowest BCUT2D eigenvalue weighted by Gasteiger charge is -2.31. The minimum Gasteiger partial charge on any atom is -0.360 e. The first-order chi connectivity index (χ1) is 12.7. The Bertz CT molecular complexity index is 951. The molecule has 0 aliphatic carbocycles. The SMILES string of the molecule is Cc1ccc(NC(=O)[C@@H]2CCCN(S(=O)(=O)c3c(C)noc3C)C2)c(Br)c1. The second kappa shape index (κ2) is 7.73. The Morgan fingerprint density at radius 1 is 1.33 bits per heavy atom. The maximum Gasteiger partial charge on any atom is 0.248 e. The van der Waals surface area contributed by atoms with Crippen LogP contribution in [0.5, 0.6) is 0 Å². The molecule has 0 unspecified atom stereocenters. The van der Waals surface area contributed by atoms with Gasteiger partial charge in [-0.1, -0.05) is 11.2 Å². The number of carbonyl (C=O) groups is 1. The molecule has 0 bridgehead atoms. The van der Waals surface area contributed by atoms with Crippen molar-refractivity contribution in [3.63, 3.8) is 0 Å². The molecule has 1 fully saturated rings. The van der Waals surface area contributed by atoms with Gasteiger partial charge in [-0.05, 0) is 67.2 Å². The Morgan fingerprint density at radius 2 is 2.07 bits per heavy atom. The molecule has 2 aromatic rings. The Morgan fingerprint density at radius 3 is 2.70 bits per heavy atom. The highest BCUT2D eigenvalue weighted by atomic mass is 79.9. The van der Waals surface area contributed by atoms with Crippen molar-refractivity contribution in [1.29, 1.82) is 0 Å². The summed E-state index contributed by atoms with van der Waals surface area (Å²) in [6.45, 7) is 5.67. The number of aromatic nitrogens is 1. The molecular formula is C18H22BrN3O4S. The summed E-state index contributed by atoms with van der Waals surface area (Å²) < 4.78 is 33.2. The monoisotopic (exact) mass is 455 g/mol. The molecule has 7 nitrogen and oxygen atoms in total. The average molecular weight is 456 g/mol. The van der Waals surface area contributed by atoms with E-state index in [4.69, 9.17) is 4.52 Å². The smallest absolute Gasteiger partial charge is 0.248 e. The first-order valence-corrected chi connectivity index (χ1v) is 10.9. The van der Waals surface area contributed by atoms with Crippen molar-refractivity contribution in [2.75, 3.05) is 18.4 Å². The van der Waals surface area contributed by atoms with Crippen LogP contribution in [-0.4, -0.2) is 36.9 Å². The maximum absolute atomic E-state index is 13.0. The van der Waals surface area contributed by atoms with Crippen LogP contribution in [0.15, 0.2) is 32.1 Å². The lowest BCUT2D eigenvalue weighted by molar-refractivity contribution is -0.120. The topological polar surface area (TPSA) is 92.5 Å². The summed E-state index contributed by atoms with van der Waals surface area (Å²) in [7, 11) is -3.75. The molecule has 3 rings (SSSR count). The molecule has 1 aliphatic heterocycles. The zero-order chi connectivity index (χ0) is 19.8. The quantitative estimate of drug-likeness (QED) is 0.762. The molecule has 9 heteroatoms. The van der Waals surface area contributed by atoms with Gasteiger partial charge in [-0.2, -0.15) is 4.31 Å². The van der Waals surface area contributed by atoms with Gasteiger partial charge in [0.25, 0.3) is 0 Å². The van der Waals surface area contributed by atoms with Crippen molar-refractivity contribution < 1.29 is 17.7 Å². The number of carbonyl (C=O) groups excluding carboxylic acids is 1. The summed E-state index contributed by atoms with van der Waals surface area (Å²) in [6.07, 6.45) is 1.26. The Balaban J connectivity index is 1.76. The van der Waals surface area contributed by atoms with Crippen LogP contribution < -0.4 is 5.32 Å². The van der Waals surface area contributed by atoms with E-state index in [0.717, 1.165) is 10.0 Å². The van der Waals surface area contributed by atoms with Crippen LogP contribution in [0.3, 0.4) is 0 Å². The molecule has 1 atom stereocenters. The average Bonchev–Trinajstić information content (AvgIpc) is 2.96. The van der Waals surface area contributed by atoms with Crippen LogP contribution in [0.4, 0.5) is 5.69 Å². The van der Waals surface area contributed by atoms with Gasteiger partial charge in [0.15, 0.2) is 5.76 Å². The molecule has 0 spiro atoms. The van der Waals surface area contributed by atoms with Crippen molar-refractivity contribution in [1.82, 2.24) is 9.46 Å². The minimum atomic E-state index is -3.75. The number of sulfonamides is 1. The fourth-order valence-corrected chi connectivity index (χ4v) is 5.71. The molecule has 1 saturated heterocycles. The Kier molecular flexibility index (Phi) is 5.73. The molecular weight excluding hydrogens is 434 g/mol. The lowest BCUT2D eigenvalue weighted by Crippen LogP contribution is -2.43. The van der Waals surface area contributed by atoms with Crippen LogP contribution >= 0.6 is 15.9 Å². The van der Waals surface area contributed by atoms with E-state index in [1.165, 1.54) is 4.31 Å². The molecule has 27 heavy (non-hydrogen) atoms. The molecule has 2 heterocycles. The van der Waals surface area contributed by atoms with E-state index in [0.29, 0.717) is 30.8 Å². The summed E-state index contributed by atoms with van der Waals surface area (Å²) in [5.41, 5.74) is 2.09. The summed E-state index contributed by atoms with van der Waals surface area (Å²) in [5, 5.41) is 6.64. The van der Waals surface area contributed by atoms with Crippen LogP contribution in [0.2, 0.25) is 0 Å². The van der Waals surface area contributed by atoms with Crippen molar-refractivity contribution in [3.8, 4) is 0 Å². The fraction of sp³-hybridized carbons (Fsp3) is 0.444. The standard InChI is InChI=1S/C18H22BrN3O4S/c1-11-6-7-16(15(19)9-11)20-18(23)14-5-4-8-22(10-14)27(24,25)17-12(2)21-26-13(17)3/h6-7,9,14H,4-5,8,10H2,1-3H3,(H,20,23)/t14-/m1/s1. The zero-order valence-corrected chi connectivity index (χ0v) is 17.9. The number of halogens is 1. The van der Waals surface area contributed by atoms with E-state index in [1.807, 2.05) is 25.1 Å². The Hall–Kier alpha value is -1.71. The third kappa shape index (κ3) is 4.09. The molecule has 1 N–H and O–H groups in total. The number of aryl methyl sites for hydroxylation is 3. The first kappa shape index (κ1) is 20.0. The van der Waals surface area contributed by atoms with Gasteiger partial charge in [0.1, 0.15) is 10.6 Å². The molecule has 1 amide bonds. The molecule has 1 aromatic heterocycles. The molecule has 0 saturated carbocycles. The van der Waals surface area contributed by atoms with Gasteiger partial charge in [-0.15, -0.1) is 0 Å². The van der Waals surface area contributed by atoms with Gasteiger partial charge in [-0.25, -0.2) is 8.42 Å². The molecule has 1 aromatic carbocycles. The second-order valence-corrected chi connectivity index (χ2v) is 9.56. The van der Waals surface area contributed by atoms with Crippen LogP contribution in [0.25, 0.3) is 0 Å². The largest absolute Gasteiger partial charge is 0.360 e. The highest BCUT2D eigenvalue weighted by Gasteiger charge is 2.36. The van der Waals surface area contributed by atoms with Gasteiger partial charge in [0.2, 0.25) is 15.9 Å². The van der Waals surface area contributed by atoms with E-state index in [2.05, 4.69) is 26.4 Å². The number of hydrogen-bond acceptors (Lipinski definition) is 5. The highest BCUT2D eigenvalue weighted by molar-refractivity contribution is 9.10. The van der Waals surface area contributed by atoms with Gasteiger partial charge < -0.3 is 9.84 Å². The van der Waals surface area contributed by atoms with Gasteiger partial charge in [0, 0.05) is 17.6 Å². The van der Waals surface area contributed by atoms with Gasteiger partial charge in [0.05, 0.1) is 11.6 Å². The fourth-order valence-electron chi connectivity index (χ4n) is 3.30. The highest BCUT2D eigenvalue weighted by Crippen LogP contribution is 2.29. The predicted octanol–water partition coefficient (Wildman–Crippen LogP) is 3.40. The van der Waals surface area contributed by atoms with Crippen molar-refractivity contribution in [2.24, 2.45) is 5.92 Å². The van der Waals surface area contributed by atoms with Crippen molar-refractivity contribution in [3.05, 3.63) is 39.7 Å². The van der Waals surface area contributed by atoms with Gasteiger partial charge in [-0.3, -0.25) is 4.79 Å². The normalized spacial score (nSPS) is 18.4. The predicted molar refractivity (Wildman–Crippen MR) is 105 cm³/mol. The number of anilines is 1. The number of rotatable bonds is 4. The number of piperidine rings is 1. The van der Waals surface area contributed by atoms with E-state index in [-0.39, 0.29) is 23.1 Å². The minimum absolute atomic E-state index is 0.102. The zero-order valence-electron chi connectivity index (χ0n) is 15.5. The van der Waals surface area contributed by atoms with Crippen molar-refractivity contribution in [2.45, 2.75) is 38.5 Å². The maximum atomic E-state index is 13.0. The lowest BCUT2D eigenvalue weighted by atomic mass is 9.98. The van der Waals surface area contributed by atoms with Crippen LogP contribution in [0.1, 0.15) is 29.9 Å². The van der Waals surface area contributed by atoms with E-state index in [1.54, 1.807) is 13.8 Å². The third-order valence-electron chi connectivity index (χ3n) is 4.70. The summed E-state index contributed by atoms with van der Waals surface area (Å²) in [4.78, 5) is 12.8. The number of nitrogens with zero attached hydrogens (tertiary/aromatic N) is 2. The van der Waals surface area contributed by atoms with E-state index >= 15 is 0 Å². The van der Waals surface area contributed by atoms with E-state index in [9.17, 15) is 13.2 Å². The number of amides is 1. The van der Waals surface area contributed by atoms with Gasteiger partial charge >= 0.3 is 0 Å². The van der Waals surface area contributed by atoms with Crippen LogP contribution in [-0.2, 0) is 14.8 Å². The van der Waals surface area contributed by atoms with E-state index < -0.39 is 15.9 Å². The van der Waals surface area contributed by atoms with Crippen LogP contribution in [0, 0.1) is 26.7 Å². The Labute approximate surface area is 167 Å². The second-order valence-electron chi connectivity index (χ2n) is 6.83. The summed E-state index contributed by atoms with van der Waals surface area (Å²) >= 11 is 3.45. The summed E-state index contributed by atoms with van der Waals surface area (Å²) in [6, 6.07) is 5.67. The number of hydrogen-bond donors (Lipinski definition) is 1. The molecule has 0 radical (unpaired) electrons. The molecule has 146 valence electrons. The first-order valence-electron chi connectivity index (χ1n) is 8.70. The third-order valence-corrected chi connectivity index (χ3v) is 7.47. The number of benzene rings is 1. The summed E-state index contributed by atoms with van der Waals surface area (Å²) in [5.74, 6) is -0.330. The van der Waals surface area contributed by atoms with Crippen molar-refractivity contribution >= 4 is 37.5 Å².